The van der Waals surface area contributed by atoms with Crippen molar-refractivity contribution < 1.29 is 28.7 Å². The average Bonchev–Trinajstić information content (AvgIpc) is 2.81. The molecule has 0 amide bonds. The molecule has 7 nitrogen and oxygen atoms in total. The highest BCUT2D eigenvalue weighted by Gasteiger charge is 2.47. The second-order valence-electron chi connectivity index (χ2n) is 6.94. The van der Waals surface area contributed by atoms with Gasteiger partial charge in [-0.05, 0) is 26.3 Å². The first-order chi connectivity index (χ1) is 11.7. The first-order valence-corrected chi connectivity index (χ1v) is 9.21. The zero-order chi connectivity index (χ0) is 18.6. The predicted molar refractivity (Wildman–Crippen MR) is 92.8 cm³/mol. The quantitative estimate of drug-likeness (QED) is 0.594. The zero-order valence-corrected chi connectivity index (χ0v) is 15.4. The molecule has 0 unspecified atom stereocenters. The van der Waals surface area contributed by atoms with Gasteiger partial charge in [-0.15, -0.1) is 0 Å². The summed E-state index contributed by atoms with van der Waals surface area (Å²) in [4.78, 5) is 11.5. The number of hydrogen-bond donors (Lipinski definition) is 3. The minimum atomic E-state index is -1.61. The number of carbonyl (C=O) groups excluding carboxylic acids is 1. The molecule has 5 atom stereocenters. The van der Waals surface area contributed by atoms with E-state index in [-0.39, 0.29) is 6.61 Å². The highest BCUT2D eigenvalue weighted by molar-refractivity contribution is 7.84. The van der Waals surface area contributed by atoms with Crippen LogP contribution in [0.5, 0.6) is 0 Å². The Morgan fingerprint density at radius 1 is 1.28 bits per heavy atom. The average molecular weight is 371 g/mol. The summed E-state index contributed by atoms with van der Waals surface area (Å²) < 4.78 is 25.4. The summed E-state index contributed by atoms with van der Waals surface area (Å²) in [5, 5.41) is 19.7. The Kier molecular flexibility index (Phi) is 6.70. The van der Waals surface area contributed by atoms with E-state index in [9.17, 15) is 19.2 Å². The minimum absolute atomic E-state index is 0.0540. The van der Waals surface area contributed by atoms with Gasteiger partial charge in [0.15, 0.2) is 6.10 Å². The van der Waals surface area contributed by atoms with E-state index in [1.807, 2.05) is 30.3 Å². The van der Waals surface area contributed by atoms with Crippen molar-refractivity contribution in [2.75, 3.05) is 6.61 Å². The molecule has 0 aromatic heterocycles. The fourth-order valence-corrected chi connectivity index (χ4v) is 3.13. The Hall–Kier alpha value is -1.32. The van der Waals surface area contributed by atoms with Gasteiger partial charge >= 0.3 is 5.97 Å². The maximum absolute atomic E-state index is 12.4. The minimum Gasteiger partial charge on any atom is -0.456 e. The monoisotopic (exact) mass is 371 g/mol. The van der Waals surface area contributed by atoms with Crippen molar-refractivity contribution in [3.63, 3.8) is 0 Å². The van der Waals surface area contributed by atoms with Crippen LogP contribution in [0, 0.1) is 0 Å². The van der Waals surface area contributed by atoms with Crippen LogP contribution >= 0.6 is 0 Å². The molecule has 8 heteroatoms. The van der Waals surface area contributed by atoms with Crippen LogP contribution in [0.4, 0.5) is 0 Å². The lowest BCUT2D eigenvalue weighted by atomic mass is 10.1. The molecule has 0 radical (unpaired) electrons. The summed E-state index contributed by atoms with van der Waals surface area (Å²) >= 11 is 0. The lowest BCUT2D eigenvalue weighted by Crippen LogP contribution is -2.52. The molecule has 1 fully saturated rings. The molecule has 0 bridgehead atoms. The molecule has 2 rings (SSSR count). The number of nitrogens with one attached hydrogen (secondary N) is 1. The van der Waals surface area contributed by atoms with Crippen molar-refractivity contribution in [1.82, 2.24) is 4.72 Å². The van der Waals surface area contributed by atoms with Gasteiger partial charge in [-0.2, -0.15) is 0 Å². The third-order valence-electron chi connectivity index (χ3n) is 3.77. The van der Waals surface area contributed by atoms with Gasteiger partial charge in [0.05, 0.1) is 35.0 Å². The summed E-state index contributed by atoms with van der Waals surface area (Å²) in [6.45, 7) is 5.76. The Balaban J connectivity index is 2.04. The molecule has 1 aromatic rings. The highest BCUT2D eigenvalue weighted by Crippen LogP contribution is 2.21. The van der Waals surface area contributed by atoms with Gasteiger partial charge in [0, 0.05) is 0 Å². The Morgan fingerprint density at radius 3 is 2.44 bits per heavy atom. The molecule has 25 heavy (non-hydrogen) atoms. The van der Waals surface area contributed by atoms with Gasteiger partial charge in [0.2, 0.25) is 0 Å². The van der Waals surface area contributed by atoms with E-state index in [4.69, 9.17) is 9.47 Å². The van der Waals surface area contributed by atoms with Gasteiger partial charge < -0.3 is 19.7 Å². The smallest absolute Gasteiger partial charge is 0.338 e. The summed E-state index contributed by atoms with van der Waals surface area (Å²) in [6, 6.07) is 8.77. The molecule has 1 aliphatic heterocycles. The van der Waals surface area contributed by atoms with Gasteiger partial charge in [-0.25, -0.2) is 13.7 Å². The molecule has 1 heterocycles. The molecular weight excluding hydrogens is 346 g/mol. The summed E-state index contributed by atoms with van der Waals surface area (Å²) in [7, 11) is -1.46. The summed E-state index contributed by atoms with van der Waals surface area (Å²) in [5.74, 6) is -0.895. The zero-order valence-electron chi connectivity index (χ0n) is 14.5. The topological polar surface area (TPSA) is 105 Å². The predicted octanol–water partition coefficient (Wildman–Crippen LogP) is 0.271. The number of ether oxygens (including phenoxy) is 2. The molecule has 0 saturated carbocycles. The normalized spacial score (nSPS) is 26.3. The number of carbonyl (C=O) groups is 1. The lowest BCUT2D eigenvalue weighted by molar-refractivity contribution is -0.148. The van der Waals surface area contributed by atoms with Gasteiger partial charge in [-0.3, -0.25) is 0 Å². The lowest BCUT2D eigenvalue weighted by Gasteiger charge is -2.28. The highest BCUT2D eigenvalue weighted by atomic mass is 32.2. The van der Waals surface area contributed by atoms with Crippen molar-refractivity contribution >= 4 is 17.0 Å². The summed E-state index contributed by atoms with van der Waals surface area (Å²) in [5.41, 5.74) is 0.960. The number of rotatable bonds is 7. The molecule has 0 spiro atoms. The van der Waals surface area contributed by atoms with E-state index < -0.39 is 46.1 Å². The third-order valence-corrected chi connectivity index (χ3v) is 5.40. The SMILES string of the molecule is CC(C)(C)[S@@](=O)N[C@@H](COCc1ccccc1)[C@@H]1OC(=O)[C@H](O)[C@@H]1O. The van der Waals surface area contributed by atoms with E-state index in [1.165, 1.54) is 0 Å². The van der Waals surface area contributed by atoms with E-state index in [0.717, 1.165) is 5.56 Å². The van der Waals surface area contributed by atoms with Gasteiger partial charge in [0.25, 0.3) is 0 Å². The number of aliphatic hydroxyl groups excluding tert-OH is 2. The van der Waals surface area contributed by atoms with Crippen molar-refractivity contribution in [3.8, 4) is 0 Å². The first-order valence-electron chi connectivity index (χ1n) is 8.06. The van der Waals surface area contributed by atoms with Gasteiger partial charge in [-0.1, -0.05) is 30.3 Å². The number of cyclic esters (lactones) is 1. The van der Waals surface area contributed by atoms with E-state index in [2.05, 4.69) is 4.72 Å². The number of aliphatic hydroxyl groups is 2. The van der Waals surface area contributed by atoms with Crippen LogP contribution in [0.3, 0.4) is 0 Å². The first kappa shape index (κ1) is 20.0. The molecule has 1 saturated heterocycles. The van der Waals surface area contributed by atoms with Gasteiger partial charge in [0.1, 0.15) is 12.2 Å². The molecule has 1 aromatic carbocycles. The fraction of sp³-hybridized carbons (Fsp3) is 0.588. The largest absolute Gasteiger partial charge is 0.456 e. The van der Waals surface area contributed by atoms with Crippen LogP contribution in [-0.4, -0.2) is 56.1 Å². The summed E-state index contributed by atoms with van der Waals surface area (Å²) in [6.07, 6.45) is -4.04. The van der Waals surface area contributed by atoms with Crippen LogP contribution < -0.4 is 4.72 Å². The molecular formula is C17H25NO6S. The Morgan fingerprint density at radius 2 is 1.92 bits per heavy atom. The van der Waals surface area contributed by atoms with Crippen molar-refractivity contribution in [1.29, 1.82) is 0 Å². The van der Waals surface area contributed by atoms with Crippen molar-refractivity contribution in [2.24, 2.45) is 0 Å². The molecule has 1 aliphatic rings. The third kappa shape index (κ3) is 5.32. The number of benzene rings is 1. The number of hydrogen-bond acceptors (Lipinski definition) is 6. The second kappa shape index (κ2) is 8.37. The Bertz CT molecular complexity index is 603. The van der Waals surface area contributed by atoms with Crippen LogP contribution in [0.15, 0.2) is 30.3 Å². The Labute approximate surface area is 149 Å². The maximum Gasteiger partial charge on any atom is 0.338 e. The maximum atomic E-state index is 12.4. The van der Waals surface area contributed by atoms with E-state index in [0.29, 0.717) is 6.61 Å². The number of esters is 1. The van der Waals surface area contributed by atoms with Crippen LogP contribution in [-0.2, 0) is 31.9 Å². The molecule has 0 aliphatic carbocycles. The van der Waals surface area contributed by atoms with Crippen LogP contribution in [0.2, 0.25) is 0 Å². The van der Waals surface area contributed by atoms with Crippen LogP contribution in [0.1, 0.15) is 26.3 Å². The van der Waals surface area contributed by atoms with Crippen molar-refractivity contribution in [2.45, 2.75) is 56.5 Å². The van der Waals surface area contributed by atoms with E-state index >= 15 is 0 Å². The standard InChI is InChI=1S/C17H25NO6S/c1-17(2,3)25(22)18-12(15-13(19)14(20)16(21)24-15)10-23-9-11-7-5-4-6-8-11/h4-8,12-15,18-20H,9-10H2,1-3H3/t12-,13-,14+,15-,25+/m0/s1. The fourth-order valence-electron chi connectivity index (χ4n) is 2.30. The second-order valence-corrected chi connectivity index (χ2v) is 8.94. The molecule has 140 valence electrons. The van der Waals surface area contributed by atoms with Crippen LogP contribution in [0.25, 0.3) is 0 Å². The van der Waals surface area contributed by atoms with E-state index in [1.54, 1.807) is 20.8 Å². The van der Waals surface area contributed by atoms with Crippen molar-refractivity contribution in [3.05, 3.63) is 35.9 Å². The molecule has 3 N–H and O–H groups in total.